The predicted molar refractivity (Wildman–Crippen MR) is 189 cm³/mol. The second-order valence-electron chi connectivity index (χ2n) is 12.4. The van der Waals surface area contributed by atoms with Gasteiger partial charge in [0.25, 0.3) is 0 Å². The van der Waals surface area contributed by atoms with E-state index in [1.807, 2.05) is 0 Å². The molecule has 1 aromatic rings. The van der Waals surface area contributed by atoms with E-state index < -0.39 is 58.6 Å². The third kappa shape index (κ3) is 18.4. The van der Waals surface area contributed by atoms with Gasteiger partial charge in [-0.1, -0.05) is 103 Å². The fourth-order valence-electron chi connectivity index (χ4n) is 5.39. The van der Waals surface area contributed by atoms with Gasteiger partial charge in [-0.2, -0.15) is 21.1 Å². The van der Waals surface area contributed by atoms with Crippen LogP contribution in [0.5, 0.6) is 0 Å². The van der Waals surface area contributed by atoms with Gasteiger partial charge >= 0.3 is 21.3 Å². The highest BCUT2D eigenvalue weighted by Gasteiger charge is 2.46. The molecule has 0 spiro atoms. The summed E-state index contributed by atoms with van der Waals surface area (Å²) in [7, 11) is -8.84. The minimum Gasteiger partial charge on any atom is -0.387 e. The molecule has 7 atom stereocenters. The van der Waals surface area contributed by atoms with Gasteiger partial charge in [-0.05, 0) is 18.2 Å². The first kappa shape index (κ1) is 44.3. The zero-order valence-corrected chi connectivity index (χ0v) is 31.6. The van der Waals surface area contributed by atoms with E-state index in [1.165, 1.54) is 109 Å². The van der Waals surface area contributed by atoms with E-state index in [9.17, 15) is 33.9 Å². The number of nitrogens with two attached hydrogens (primary N) is 1. The molecule has 1 aliphatic rings. The molecule has 15 nitrogen and oxygen atoms in total. The van der Waals surface area contributed by atoms with Crippen molar-refractivity contribution in [1.29, 1.82) is 0 Å². The van der Waals surface area contributed by atoms with Crippen LogP contribution in [0.15, 0.2) is 17.1 Å². The van der Waals surface area contributed by atoms with Crippen LogP contribution in [0.2, 0.25) is 0 Å². The molecule has 0 aromatic carbocycles. The number of aliphatic hydroxyl groups is 2. The van der Waals surface area contributed by atoms with Crippen molar-refractivity contribution in [2.45, 2.75) is 140 Å². The van der Waals surface area contributed by atoms with E-state index in [1.54, 1.807) is 11.8 Å². The van der Waals surface area contributed by atoms with Crippen molar-refractivity contribution in [2.75, 3.05) is 37.6 Å². The summed E-state index contributed by atoms with van der Waals surface area (Å²) in [5, 5.41) is 20.6. The molecule has 6 N–H and O–H groups in total. The van der Waals surface area contributed by atoms with Crippen molar-refractivity contribution in [3.05, 3.63) is 22.7 Å². The maximum absolute atomic E-state index is 12.4. The van der Waals surface area contributed by atoms with Gasteiger partial charge in [0.05, 0.1) is 19.3 Å². The number of phosphoric acid groups is 2. The van der Waals surface area contributed by atoms with Gasteiger partial charge in [0.15, 0.2) is 6.23 Å². The standard InChI is InChI=1S/C31H59N3O12P2S/c1-3-4-5-6-7-8-9-10-11-12-13-14-15-16-17-18-21-49-24-25(42-2)22-43-47(38,39)46-48(40,41)44-23-26-28(35)29(36)30(45-26)34-20-19-27(32)33-31(34)37/h19-20,25-26,28-30,35-36H,3-18,21-24H2,1-2H3,(H,38,39)(H,40,41)(H2,32,33,37)/t25?,26-,28-,29-,30-/m1/s1. The molecule has 2 heterocycles. The molecule has 0 saturated carbocycles. The Bertz CT molecular complexity index is 1200. The Balaban J connectivity index is 1.54. The zero-order chi connectivity index (χ0) is 36.1. The molecule has 1 aromatic heterocycles. The first-order chi connectivity index (χ1) is 23.4. The second kappa shape index (κ2) is 24.4. The molecule has 1 aliphatic heterocycles. The number of rotatable bonds is 29. The van der Waals surface area contributed by atoms with Crippen LogP contribution in [-0.4, -0.2) is 85.8 Å². The number of aromatic nitrogens is 2. The topological polar surface area (TPSA) is 222 Å². The number of hydrogen-bond donors (Lipinski definition) is 5. The molecule has 1 fully saturated rings. The minimum absolute atomic E-state index is 0.0654. The number of nitrogen functional groups attached to an aromatic ring is 1. The number of anilines is 1. The van der Waals surface area contributed by atoms with E-state index >= 15 is 0 Å². The number of unbranched alkanes of at least 4 members (excludes halogenated alkanes) is 15. The highest BCUT2D eigenvalue weighted by atomic mass is 32.2. The Morgan fingerprint density at radius 3 is 1.96 bits per heavy atom. The maximum Gasteiger partial charge on any atom is 0.481 e. The van der Waals surface area contributed by atoms with E-state index in [0.717, 1.165) is 23.2 Å². The molecule has 0 bridgehead atoms. The first-order valence-corrected chi connectivity index (χ1v) is 21.7. The highest BCUT2D eigenvalue weighted by Crippen LogP contribution is 2.60. The van der Waals surface area contributed by atoms with Gasteiger partial charge in [-0.15, -0.1) is 0 Å². The summed E-state index contributed by atoms with van der Waals surface area (Å²) in [5.41, 5.74) is 4.59. The number of hydrogen-bond acceptors (Lipinski definition) is 13. The van der Waals surface area contributed by atoms with Gasteiger partial charge in [0.1, 0.15) is 24.1 Å². The Kier molecular flexibility index (Phi) is 22.0. The van der Waals surface area contributed by atoms with Crippen LogP contribution in [0.3, 0.4) is 0 Å². The van der Waals surface area contributed by atoms with Crippen molar-refractivity contribution < 1.29 is 52.0 Å². The molecular formula is C31H59N3O12P2S. The van der Waals surface area contributed by atoms with Crippen molar-refractivity contribution >= 4 is 33.2 Å². The van der Waals surface area contributed by atoms with E-state index in [2.05, 4.69) is 16.2 Å². The number of methoxy groups -OCH3 is 1. The van der Waals surface area contributed by atoms with Crippen molar-refractivity contribution in [2.24, 2.45) is 0 Å². The van der Waals surface area contributed by atoms with Crippen molar-refractivity contribution in [3.8, 4) is 0 Å². The number of nitrogens with zero attached hydrogens (tertiary/aromatic N) is 2. The molecule has 49 heavy (non-hydrogen) atoms. The number of ether oxygens (including phenoxy) is 2. The lowest BCUT2D eigenvalue weighted by Crippen LogP contribution is -2.36. The fourth-order valence-corrected chi connectivity index (χ4v) is 8.57. The lowest BCUT2D eigenvalue weighted by Gasteiger charge is -2.20. The molecule has 2 rings (SSSR count). The van der Waals surface area contributed by atoms with Crippen LogP contribution >= 0.6 is 27.4 Å². The van der Waals surface area contributed by atoms with Crippen LogP contribution in [-0.2, 0) is 32.0 Å². The average Bonchev–Trinajstić information content (AvgIpc) is 3.32. The lowest BCUT2D eigenvalue weighted by molar-refractivity contribution is -0.0542. The molecule has 18 heteroatoms. The highest BCUT2D eigenvalue weighted by molar-refractivity contribution is 7.99. The number of thioether (sulfide) groups is 1. The van der Waals surface area contributed by atoms with Crippen LogP contribution < -0.4 is 11.4 Å². The zero-order valence-electron chi connectivity index (χ0n) is 29.0. The van der Waals surface area contributed by atoms with Gasteiger partial charge in [0.2, 0.25) is 0 Å². The van der Waals surface area contributed by atoms with E-state index in [4.69, 9.17) is 24.3 Å². The average molecular weight is 760 g/mol. The molecule has 0 radical (unpaired) electrons. The summed E-state index contributed by atoms with van der Waals surface area (Å²) >= 11 is 1.62. The van der Waals surface area contributed by atoms with Crippen LogP contribution in [0.25, 0.3) is 0 Å². The van der Waals surface area contributed by atoms with Gasteiger partial charge in [0, 0.05) is 19.1 Å². The third-order valence-electron chi connectivity index (χ3n) is 8.27. The molecular weight excluding hydrogens is 700 g/mol. The van der Waals surface area contributed by atoms with Crippen molar-refractivity contribution in [1.82, 2.24) is 9.55 Å². The molecule has 286 valence electrons. The quantitative estimate of drug-likeness (QED) is 0.0488. The Labute approximate surface area is 294 Å². The predicted octanol–water partition coefficient (Wildman–Crippen LogP) is 5.71. The van der Waals surface area contributed by atoms with Crippen LogP contribution in [0, 0.1) is 0 Å². The normalized spacial score (nSPS) is 22.6. The Morgan fingerprint density at radius 1 is 0.898 bits per heavy atom. The van der Waals surface area contributed by atoms with Gasteiger partial charge in [-0.3, -0.25) is 13.6 Å². The van der Waals surface area contributed by atoms with Crippen LogP contribution in [0.1, 0.15) is 116 Å². The molecule has 1 saturated heterocycles. The largest absolute Gasteiger partial charge is 0.481 e. The third-order valence-corrected chi connectivity index (χ3v) is 12.1. The molecule has 3 unspecified atom stereocenters. The summed E-state index contributed by atoms with van der Waals surface area (Å²) in [6.07, 6.45) is 15.5. The SMILES string of the molecule is CCCCCCCCCCCCCCCCCCSCC(COP(=O)(O)OP(=O)(O)OC[C@H]1O[C@@H](n2ccc(N)nc2=O)[C@H](O)[C@@H]1O)OC. The number of aliphatic hydroxyl groups excluding tert-OH is 2. The van der Waals surface area contributed by atoms with Crippen molar-refractivity contribution in [3.63, 3.8) is 0 Å². The monoisotopic (exact) mass is 759 g/mol. The summed E-state index contributed by atoms with van der Waals surface area (Å²) in [4.78, 5) is 35.6. The smallest absolute Gasteiger partial charge is 0.387 e. The summed E-state index contributed by atoms with van der Waals surface area (Å²) in [6.45, 7) is 1.04. The first-order valence-electron chi connectivity index (χ1n) is 17.5. The summed E-state index contributed by atoms with van der Waals surface area (Å²) < 4.78 is 50.3. The van der Waals surface area contributed by atoms with Gasteiger partial charge < -0.3 is 35.2 Å². The Hall–Kier alpha value is -0.870. The van der Waals surface area contributed by atoms with Crippen LogP contribution in [0.4, 0.5) is 5.82 Å². The second-order valence-corrected chi connectivity index (χ2v) is 16.6. The lowest BCUT2D eigenvalue weighted by atomic mass is 10.0. The maximum atomic E-state index is 12.4. The molecule has 0 amide bonds. The minimum atomic E-state index is -5.20. The molecule has 0 aliphatic carbocycles. The Morgan fingerprint density at radius 2 is 1.43 bits per heavy atom. The summed E-state index contributed by atoms with van der Waals surface area (Å²) in [6, 6.07) is 1.27. The number of phosphoric ester groups is 2. The van der Waals surface area contributed by atoms with E-state index in [-0.39, 0.29) is 12.4 Å². The fraction of sp³-hybridized carbons (Fsp3) is 0.871. The summed E-state index contributed by atoms with van der Waals surface area (Å²) in [5.74, 6) is 1.32. The van der Waals surface area contributed by atoms with E-state index in [0.29, 0.717) is 5.75 Å². The van der Waals surface area contributed by atoms with Gasteiger partial charge in [-0.25, -0.2) is 13.9 Å².